The van der Waals surface area contributed by atoms with E-state index in [1.54, 1.807) is 0 Å². The van der Waals surface area contributed by atoms with Gasteiger partial charge in [0.1, 0.15) is 0 Å². The van der Waals surface area contributed by atoms with Gasteiger partial charge in [0, 0.05) is 11.8 Å². The van der Waals surface area contributed by atoms with Gasteiger partial charge in [0.2, 0.25) is 0 Å². The molecule has 8 heavy (non-hydrogen) atoms. The van der Waals surface area contributed by atoms with Gasteiger partial charge in [0.15, 0.2) is 0 Å². The summed E-state index contributed by atoms with van der Waals surface area (Å²) < 4.78 is 4.87. The van der Waals surface area contributed by atoms with Gasteiger partial charge in [-0.3, -0.25) is 0 Å². The van der Waals surface area contributed by atoms with Gasteiger partial charge < -0.3 is 10.2 Å². The molecule has 0 heterocycles. The molecule has 0 aromatic carbocycles. The van der Waals surface area contributed by atoms with Gasteiger partial charge in [-0.05, 0) is 0 Å². The highest BCUT2D eigenvalue weighted by Crippen LogP contribution is 1.80. The lowest BCUT2D eigenvalue weighted by Crippen LogP contribution is -1.97. The van der Waals surface area contributed by atoms with Crippen molar-refractivity contribution < 1.29 is 10.2 Å². The molecule has 52 valence electrons. The summed E-state index contributed by atoms with van der Waals surface area (Å²) in [5.41, 5.74) is 0. The molecule has 0 aliphatic heterocycles. The molecule has 0 aromatic heterocycles. The second-order valence-corrected chi connectivity index (χ2v) is 1.75. The minimum Gasteiger partial charge on any atom is -0.412 e. The molecule has 2 N–H and O–H groups in total. The van der Waals surface area contributed by atoms with Crippen LogP contribution in [-0.4, -0.2) is 30.4 Å². The molecule has 0 bridgehead atoms. The third kappa shape index (κ3) is 9.71. The van der Waals surface area contributed by atoms with Gasteiger partial charge in [0.05, 0.1) is 13.2 Å². The summed E-state index contributed by atoms with van der Waals surface area (Å²) >= 11 is 10.5. The molecule has 0 radical (unpaired) electrons. The van der Waals surface area contributed by atoms with E-state index in [0.29, 0.717) is 25.0 Å². The van der Waals surface area contributed by atoms with Gasteiger partial charge in [0.25, 0.3) is 0 Å². The van der Waals surface area contributed by atoms with Crippen LogP contribution < -0.4 is 0 Å². The van der Waals surface area contributed by atoms with Crippen molar-refractivity contribution in [3.05, 3.63) is 0 Å². The Morgan fingerprint density at radius 1 is 1.00 bits per heavy atom. The Bertz CT molecular complexity index is 31.2. The van der Waals surface area contributed by atoms with Crippen LogP contribution in [0.4, 0.5) is 0 Å². The summed E-state index contributed by atoms with van der Waals surface area (Å²) in [6.07, 6.45) is 0. The van der Waals surface area contributed by atoms with Crippen molar-refractivity contribution in [3.8, 4) is 0 Å². The average molecular weight is 161 g/mol. The summed E-state index contributed by atoms with van der Waals surface area (Å²) in [5, 5.41) is 0. The van der Waals surface area contributed by atoms with E-state index in [9.17, 15) is 0 Å². The highest BCUT2D eigenvalue weighted by atomic mass is 35.5. The predicted octanol–water partition coefficient (Wildman–Crippen LogP) is 0.656. The fourth-order valence-corrected chi connectivity index (χ4v) is 0.429. The molecular weight excluding hydrogens is 151 g/mol. The maximum atomic E-state index is 5.27. The fraction of sp³-hybridized carbons (Fsp3) is 1.00. The second kappa shape index (κ2) is 10.5. The molecule has 0 amide bonds. The Kier molecular flexibility index (Phi) is 14.8. The maximum absolute atomic E-state index is 5.27. The van der Waals surface area contributed by atoms with Crippen LogP contribution >= 0.6 is 23.2 Å². The van der Waals surface area contributed by atoms with Gasteiger partial charge in [-0.25, -0.2) is 0 Å². The standard InChI is InChI=1S/C4H8Cl2O.H2O/c5-1-3-7-4-2-6;/h1-4H2;1H2. The van der Waals surface area contributed by atoms with E-state index in [1.165, 1.54) is 0 Å². The van der Waals surface area contributed by atoms with Crippen molar-refractivity contribution in [1.82, 2.24) is 0 Å². The first kappa shape index (κ1) is 11.3. The maximum Gasteiger partial charge on any atom is 0.0602 e. The topological polar surface area (TPSA) is 40.7 Å². The second-order valence-electron chi connectivity index (χ2n) is 0.990. The van der Waals surface area contributed by atoms with Crippen LogP contribution in [0.1, 0.15) is 0 Å². The fourth-order valence-electron chi connectivity index (χ4n) is 0.211. The zero-order valence-electron chi connectivity index (χ0n) is 4.49. The van der Waals surface area contributed by atoms with Crippen LogP contribution in [0.25, 0.3) is 0 Å². The van der Waals surface area contributed by atoms with Crippen LogP contribution in [0.15, 0.2) is 0 Å². The Morgan fingerprint density at radius 3 is 1.62 bits per heavy atom. The van der Waals surface area contributed by atoms with Crippen molar-refractivity contribution in [2.45, 2.75) is 0 Å². The van der Waals surface area contributed by atoms with Crippen LogP contribution in [0.3, 0.4) is 0 Å². The van der Waals surface area contributed by atoms with E-state index in [-0.39, 0.29) is 5.48 Å². The zero-order chi connectivity index (χ0) is 5.54. The molecule has 0 fully saturated rings. The van der Waals surface area contributed by atoms with Crippen LogP contribution in [0.5, 0.6) is 0 Å². The Balaban J connectivity index is 0. The number of alkyl halides is 2. The third-order valence-corrected chi connectivity index (χ3v) is 0.752. The van der Waals surface area contributed by atoms with Gasteiger partial charge in [-0.2, -0.15) is 0 Å². The van der Waals surface area contributed by atoms with Crippen molar-refractivity contribution in [2.75, 3.05) is 25.0 Å². The van der Waals surface area contributed by atoms with Crippen LogP contribution in [-0.2, 0) is 4.74 Å². The molecule has 0 spiro atoms. The van der Waals surface area contributed by atoms with Crippen LogP contribution in [0.2, 0.25) is 0 Å². The average Bonchev–Trinajstić information content (AvgIpc) is 1.69. The summed E-state index contributed by atoms with van der Waals surface area (Å²) in [7, 11) is 0. The Morgan fingerprint density at radius 2 is 1.38 bits per heavy atom. The first-order valence-electron chi connectivity index (χ1n) is 2.11. The van der Waals surface area contributed by atoms with Gasteiger partial charge in [-0.15, -0.1) is 23.2 Å². The first-order valence-corrected chi connectivity index (χ1v) is 3.18. The molecular formula is C4H10Cl2O2. The summed E-state index contributed by atoms with van der Waals surface area (Å²) in [6, 6.07) is 0. The van der Waals surface area contributed by atoms with Crippen molar-refractivity contribution in [2.24, 2.45) is 0 Å². The number of hydrogen-bond acceptors (Lipinski definition) is 1. The zero-order valence-corrected chi connectivity index (χ0v) is 6.00. The van der Waals surface area contributed by atoms with Crippen molar-refractivity contribution in [3.63, 3.8) is 0 Å². The number of halogens is 2. The third-order valence-electron chi connectivity index (χ3n) is 0.443. The lowest BCUT2D eigenvalue weighted by Gasteiger charge is -1.93. The van der Waals surface area contributed by atoms with Crippen molar-refractivity contribution in [1.29, 1.82) is 0 Å². The molecule has 2 nitrogen and oxygen atoms in total. The normalized spacial score (nSPS) is 8.25. The van der Waals surface area contributed by atoms with E-state index in [1.807, 2.05) is 0 Å². The quantitative estimate of drug-likeness (QED) is 0.441. The molecule has 0 aliphatic carbocycles. The predicted molar refractivity (Wildman–Crippen MR) is 35.9 cm³/mol. The van der Waals surface area contributed by atoms with E-state index < -0.39 is 0 Å². The summed E-state index contributed by atoms with van der Waals surface area (Å²) in [6.45, 7) is 1.21. The molecule has 0 saturated carbocycles. The Hall–Kier alpha value is 0.500. The largest absolute Gasteiger partial charge is 0.412 e. The minimum atomic E-state index is 0. The molecule has 0 saturated heterocycles. The highest BCUT2D eigenvalue weighted by Gasteiger charge is 1.80. The smallest absolute Gasteiger partial charge is 0.0602 e. The van der Waals surface area contributed by atoms with E-state index >= 15 is 0 Å². The highest BCUT2D eigenvalue weighted by molar-refractivity contribution is 6.18. The summed E-state index contributed by atoms with van der Waals surface area (Å²) in [4.78, 5) is 0. The summed E-state index contributed by atoms with van der Waals surface area (Å²) in [5.74, 6) is 1.10. The first-order chi connectivity index (χ1) is 3.41. The van der Waals surface area contributed by atoms with E-state index in [0.717, 1.165) is 0 Å². The van der Waals surface area contributed by atoms with Crippen LogP contribution in [0, 0.1) is 0 Å². The van der Waals surface area contributed by atoms with E-state index in [4.69, 9.17) is 27.9 Å². The molecule has 0 atom stereocenters. The SMILES string of the molecule is ClCCOCCCl.O. The monoisotopic (exact) mass is 160 g/mol. The number of hydrogen-bond donors (Lipinski definition) is 0. The lowest BCUT2D eigenvalue weighted by molar-refractivity contribution is 0.165. The number of rotatable bonds is 4. The molecule has 0 aliphatic rings. The van der Waals surface area contributed by atoms with E-state index in [2.05, 4.69) is 0 Å². The van der Waals surface area contributed by atoms with Gasteiger partial charge in [-0.1, -0.05) is 0 Å². The number of ether oxygens (including phenoxy) is 1. The minimum absolute atomic E-state index is 0. The van der Waals surface area contributed by atoms with Gasteiger partial charge >= 0.3 is 0 Å². The molecule has 0 rings (SSSR count). The Labute approximate surface area is 59.0 Å². The molecule has 4 heteroatoms. The molecule has 0 unspecified atom stereocenters. The molecule has 0 aromatic rings. The van der Waals surface area contributed by atoms with Crippen molar-refractivity contribution >= 4 is 23.2 Å². The lowest BCUT2D eigenvalue weighted by atomic mass is 10.8.